The molecule has 4 rings (SSSR count). The second-order valence-electron chi connectivity index (χ2n) is 7.74. The van der Waals surface area contributed by atoms with E-state index in [1.807, 2.05) is 43.3 Å². The van der Waals surface area contributed by atoms with Gasteiger partial charge in [0.05, 0.1) is 17.9 Å². The summed E-state index contributed by atoms with van der Waals surface area (Å²) in [6.07, 6.45) is 5.14. The molecule has 0 saturated heterocycles. The number of para-hydroxylation sites is 1. The summed E-state index contributed by atoms with van der Waals surface area (Å²) < 4.78 is 5.51. The number of rotatable bonds is 4. The van der Waals surface area contributed by atoms with Gasteiger partial charge in [0.2, 0.25) is 0 Å². The van der Waals surface area contributed by atoms with E-state index in [-0.39, 0.29) is 11.4 Å². The predicted octanol–water partition coefficient (Wildman–Crippen LogP) is 5.06. The van der Waals surface area contributed by atoms with Crippen LogP contribution in [0.1, 0.15) is 43.7 Å². The van der Waals surface area contributed by atoms with E-state index in [1.165, 1.54) is 5.56 Å². The third-order valence-electron chi connectivity index (χ3n) is 5.91. The predicted molar refractivity (Wildman–Crippen MR) is 120 cm³/mol. The highest BCUT2D eigenvalue weighted by Gasteiger charge is 2.46. The maximum atomic E-state index is 13.1. The van der Waals surface area contributed by atoms with Crippen molar-refractivity contribution in [2.45, 2.75) is 39.0 Å². The summed E-state index contributed by atoms with van der Waals surface area (Å²) in [4.78, 5) is 13.1. The molecule has 4 nitrogen and oxygen atoms in total. The first kappa shape index (κ1) is 19.6. The van der Waals surface area contributed by atoms with E-state index in [1.54, 1.807) is 0 Å². The van der Waals surface area contributed by atoms with Gasteiger partial charge in [-0.2, -0.15) is 0 Å². The van der Waals surface area contributed by atoms with E-state index < -0.39 is 0 Å². The third kappa shape index (κ3) is 3.92. The number of carbonyl (C=O) groups is 1. The minimum atomic E-state index is -0.228. The van der Waals surface area contributed by atoms with Crippen LogP contribution in [0.3, 0.4) is 0 Å². The fourth-order valence-electron chi connectivity index (χ4n) is 4.70. The van der Waals surface area contributed by atoms with Crippen molar-refractivity contribution in [3.8, 4) is 0 Å². The number of thiocarbonyl (C=S) groups is 1. The average Bonchev–Trinajstić information content (AvgIpc) is 3.17. The molecule has 0 aromatic heterocycles. The molecule has 0 aliphatic heterocycles. The molecule has 5 heteroatoms. The van der Waals surface area contributed by atoms with Crippen molar-refractivity contribution in [1.29, 1.82) is 0 Å². The molecule has 0 bridgehead atoms. The number of carbonyl (C=O) groups excluding carboxylic acids is 1. The molecule has 2 aromatic carbocycles. The Morgan fingerprint density at radius 2 is 1.72 bits per heavy atom. The number of hydrogen-bond donors (Lipinski definition) is 2. The van der Waals surface area contributed by atoms with Gasteiger partial charge in [0.1, 0.15) is 0 Å². The van der Waals surface area contributed by atoms with Crippen LogP contribution in [0.5, 0.6) is 0 Å². The van der Waals surface area contributed by atoms with Gasteiger partial charge < -0.3 is 15.4 Å². The van der Waals surface area contributed by atoms with Crippen molar-refractivity contribution >= 4 is 34.7 Å². The van der Waals surface area contributed by atoms with Gasteiger partial charge in [-0.1, -0.05) is 55.3 Å². The van der Waals surface area contributed by atoms with Gasteiger partial charge in [-0.15, -0.1) is 0 Å². The maximum Gasteiger partial charge on any atom is 0.336 e. The molecule has 1 spiro atoms. The smallest absolute Gasteiger partial charge is 0.336 e. The van der Waals surface area contributed by atoms with Crippen LogP contribution in [0, 0.1) is 5.41 Å². The topological polar surface area (TPSA) is 50.4 Å². The summed E-state index contributed by atoms with van der Waals surface area (Å²) in [6.45, 7) is 2.21. The largest absolute Gasteiger partial charge is 0.463 e. The highest BCUT2D eigenvalue weighted by atomic mass is 32.1. The molecule has 1 fully saturated rings. The van der Waals surface area contributed by atoms with Crippen molar-refractivity contribution in [3.63, 3.8) is 0 Å². The Morgan fingerprint density at radius 3 is 2.45 bits per heavy atom. The fraction of sp³-hybridized carbons (Fsp3) is 0.333. The van der Waals surface area contributed by atoms with Crippen LogP contribution in [-0.2, 0) is 16.0 Å². The molecule has 2 aliphatic rings. The van der Waals surface area contributed by atoms with Crippen molar-refractivity contribution in [1.82, 2.24) is 5.32 Å². The Labute approximate surface area is 177 Å². The van der Waals surface area contributed by atoms with Gasteiger partial charge in [-0.05, 0) is 56.1 Å². The molecular weight excluding hydrogens is 380 g/mol. The highest BCUT2D eigenvalue weighted by Crippen LogP contribution is 2.52. The first-order valence-corrected chi connectivity index (χ1v) is 10.7. The summed E-state index contributed by atoms with van der Waals surface area (Å²) in [5, 5.41) is 7.06. The van der Waals surface area contributed by atoms with Crippen LogP contribution in [0.2, 0.25) is 0 Å². The first-order valence-electron chi connectivity index (χ1n) is 10.3. The molecule has 0 heterocycles. The van der Waals surface area contributed by atoms with E-state index in [9.17, 15) is 4.79 Å². The lowest BCUT2D eigenvalue weighted by Gasteiger charge is -2.38. The number of anilines is 1. The van der Waals surface area contributed by atoms with Crippen molar-refractivity contribution < 1.29 is 9.53 Å². The SMILES string of the molecule is CCOC(=O)C1=C(NC(=S)Nc2ccccc2)c2ccccc2CC12CCCC2. The molecule has 29 heavy (non-hydrogen) atoms. The number of ether oxygens (including phenoxy) is 1. The molecule has 1 saturated carbocycles. The monoisotopic (exact) mass is 406 g/mol. The van der Waals surface area contributed by atoms with Crippen LogP contribution in [0.4, 0.5) is 5.69 Å². The van der Waals surface area contributed by atoms with Gasteiger partial charge in [0, 0.05) is 16.7 Å². The van der Waals surface area contributed by atoms with Gasteiger partial charge in [0.15, 0.2) is 5.11 Å². The number of benzene rings is 2. The molecule has 0 unspecified atom stereocenters. The summed E-state index contributed by atoms with van der Waals surface area (Å²) in [7, 11) is 0. The number of esters is 1. The van der Waals surface area contributed by atoms with Gasteiger partial charge in [-0.3, -0.25) is 0 Å². The third-order valence-corrected chi connectivity index (χ3v) is 6.11. The van der Waals surface area contributed by atoms with E-state index in [0.29, 0.717) is 11.7 Å². The van der Waals surface area contributed by atoms with Crippen molar-refractivity contribution in [3.05, 3.63) is 71.3 Å². The van der Waals surface area contributed by atoms with Gasteiger partial charge in [-0.25, -0.2) is 4.79 Å². The number of hydrogen-bond acceptors (Lipinski definition) is 3. The lowest BCUT2D eigenvalue weighted by atomic mass is 9.68. The summed E-state index contributed by atoms with van der Waals surface area (Å²) >= 11 is 5.60. The molecule has 0 radical (unpaired) electrons. The van der Waals surface area contributed by atoms with Gasteiger partial charge >= 0.3 is 5.97 Å². The lowest BCUT2D eigenvalue weighted by Crippen LogP contribution is -2.38. The Morgan fingerprint density at radius 1 is 1.03 bits per heavy atom. The highest BCUT2D eigenvalue weighted by molar-refractivity contribution is 7.80. The van der Waals surface area contributed by atoms with Crippen LogP contribution in [0.25, 0.3) is 5.70 Å². The zero-order valence-corrected chi connectivity index (χ0v) is 17.5. The summed E-state index contributed by atoms with van der Waals surface area (Å²) in [6, 6.07) is 18.1. The van der Waals surface area contributed by atoms with Crippen molar-refractivity contribution in [2.75, 3.05) is 11.9 Å². The van der Waals surface area contributed by atoms with E-state index in [2.05, 4.69) is 28.8 Å². The van der Waals surface area contributed by atoms with E-state index >= 15 is 0 Å². The second kappa shape index (κ2) is 8.37. The Balaban J connectivity index is 1.77. The molecule has 0 amide bonds. The minimum Gasteiger partial charge on any atom is -0.463 e. The maximum absolute atomic E-state index is 13.1. The Kier molecular flexibility index (Phi) is 5.67. The Bertz CT molecular complexity index is 946. The number of nitrogens with one attached hydrogen (secondary N) is 2. The van der Waals surface area contributed by atoms with E-state index in [4.69, 9.17) is 17.0 Å². The molecule has 150 valence electrons. The number of fused-ring (bicyclic) bond motifs is 1. The average molecular weight is 407 g/mol. The molecular formula is C24H26N2O2S. The standard InChI is InChI=1S/C24H26N2O2S/c1-2-28-22(27)20-21(26-23(29)25-18-11-4-3-5-12-18)19-13-7-6-10-17(19)16-24(20)14-8-9-15-24/h3-7,10-13H,2,8-9,14-16H2,1H3,(H2,25,26,29). The minimum absolute atomic E-state index is 0.175. The van der Waals surface area contributed by atoms with Crippen LogP contribution >= 0.6 is 12.2 Å². The summed E-state index contributed by atoms with van der Waals surface area (Å²) in [5.74, 6) is -0.228. The van der Waals surface area contributed by atoms with Crippen LogP contribution in [0.15, 0.2) is 60.2 Å². The fourth-order valence-corrected chi connectivity index (χ4v) is 4.92. The normalized spacial score (nSPS) is 17.0. The van der Waals surface area contributed by atoms with E-state index in [0.717, 1.165) is 54.6 Å². The van der Waals surface area contributed by atoms with Crippen LogP contribution < -0.4 is 10.6 Å². The quantitative estimate of drug-likeness (QED) is 0.549. The zero-order valence-electron chi connectivity index (χ0n) is 16.7. The van der Waals surface area contributed by atoms with Gasteiger partial charge in [0.25, 0.3) is 0 Å². The molecule has 2 aromatic rings. The first-order chi connectivity index (χ1) is 14.1. The lowest BCUT2D eigenvalue weighted by molar-refractivity contribution is -0.139. The van der Waals surface area contributed by atoms with Crippen molar-refractivity contribution in [2.24, 2.45) is 5.41 Å². The zero-order chi connectivity index (χ0) is 20.3. The summed E-state index contributed by atoms with van der Waals surface area (Å²) in [5.41, 5.74) is 4.57. The molecule has 0 atom stereocenters. The molecule has 2 aliphatic carbocycles. The van der Waals surface area contributed by atoms with Crippen LogP contribution in [-0.4, -0.2) is 17.7 Å². The second-order valence-corrected chi connectivity index (χ2v) is 8.15. The molecule has 2 N–H and O–H groups in total. The Hall–Kier alpha value is -2.66.